The number of carbonyl (C=O) groups excluding carboxylic acids is 1. The molecule has 3 N–H and O–H groups in total. The Morgan fingerprint density at radius 2 is 2.05 bits per heavy atom. The number of thiophene rings is 1. The molecule has 114 valence electrons. The Morgan fingerprint density at radius 3 is 2.55 bits per heavy atom. The van der Waals surface area contributed by atoms with Crippen molar-refractivity contribution in [2.75, 3.05) is 36.5 Å². The van der Waals surface area contributed by atoms with Crippen molar-refractivity contribution < 1.29 is 4.79 Å². The van der Waals surface area contributed by atoms with Gasteiger partial charge in [0.05, 0.1) is 10.6 Å². The molecule has 0 aliphatic carbocycles. The summed E-state index contributed by atoms with van der Waals surface area (Å²) in [7, 11) is 0. The van der Waals surface area contributed by atoms with Crippen LogP contribution in [0.15, 0.2) is 4.90 Å². The molecule has 20 heavy (non-hydrogen) atoms. The fraction of sp³-hybridized carbons (Fsp3) is 0.643. The van der Waals surface area contributed by atoms with E-state index in [4.69, 9.17) is 5.73 Å². The molecular weight excluding hydrogens is 290 g/mol. The summed E-state index contributed by atoms with van der Waals surface area (Å²) in [5, 5.41) is 4.03. The van der Waals surface area contributed by atoms with Crippen LogP contribution in [-0.4, -0.2) is 31.8 Å². The minimum absolute atomic E-state index is 0.0524. The van der Waals surface area contributed by atoms with Gasteiger partial charge in [0.15, 0.2) is 0 Å². The highest BCUT2D eigenvalue weighted by molar-refractivity contribution is 7.99. The number of hydrogen-bond donors (Lipinski definition) is 2. The van der Waals surface area contributed by atoms with E-state index in [1.165, 1.54) is 11.3 Å². The molecule has 1 aromatic heterocycles. The van der Waals surface area contributed by atoms with Crippen molar-refractivity contribution in [2.45, 2.75) is 38.5 Å². The summed E-state index contributed by atoms with van der Waals surface area (Å²) < 4.78 is 0. The number of nitrogens with two attached hydrogens (primary N) is 1. The normalized spacial score (nSPS) is 10.6. The van der Waals surface area contributed by atoms with Gasteiger partial charge in [-0.25, -0.2) is 0 Å². The van der Waals surface area contributed by atoms with Crippen LogP contribution < -0.4 is 16.0 Å². The van der Waals surface area contributed by atoms with Gasteiger partial charge in [-0.2, -0.15) is 0 Å². The molecule has 1 aromatic rings. The number of amides is 1. The van der Waals surface area contributed by atoms with Crippen LogP contribution in [0.25, 0.3) is 0 Å². The van der Waals surface area contributed by atoms with Gasteiger partial charge in [0.2, 0.25) is 0 Å². The van der Waals surface area contributed by atoms with Crippen LogP contribution in [0.2, 0.25) is 0 Å². The van der Waals surface area contributed by atoms with E-state index in [1.54, 1.807) is 11.8 Å². The highest BCUT2D eigenvalue weighted by Gasteiger charge is 2.22. The smallest absolute Gasteiger partial charge is 0.263 e. The molecule has 4 nitrogen and oxygen atoms in total. The number of rotatable bonds is 8. The van der Waals surface area contributed by atoms with Crippen molar-refractivity contribution in [1.82, 2.24) is 5.32 Å². The van der Waals surface area contributed by atoms with Gasteiger partial charge < -0.3 is 16.0 Å². The second kappa shape index (κ2) is 8.42. The second-order valence-corrected chi connectivity index (χ2v) is 6.33. The minimum atomic E-state index is -0.0524. The van der Waals surface area contributed by atoms with Crippen LogP contribution in [0.1, 0.15) is 43.3 Å². The summed E-state index contributed by atoms with van der Waals surface area (Å²) in [5.74, 6) is -0.0524. The molecule has 0 aliphatic heterocycles. The van der Waals surface area contributed by atoms with E-state index in [0.717, 1.165) is 35.8 Å². The van der Waals surface area contributed by atoms with Gasteiger partial charge in [0, 0.05) is 19.6 Å². The molecule has 0 atom stereocenters. The zero-order valence-electron chi connectivity index (χ0n) is 12.8. The molecule has 0 unspecified atom stereocenters. The Morgan fingerprint density at radius 1 is 1.35 bits per heavy atom. The zero-order chi connectivity index (χ0) is 15.1. The molecule has 0 aliphatic rings. The monoisotopic (exact) mass is 315 g/mol. The molecule has 6 heteroatoms. The number of nitrogens with one attached hydrogen (secondary N) is 1. The maximum atomic E-state index is 12.2. The number of carbonyl (C=O) groups is 1. The molecule has 1 heterocycles. The van der Waals surface area contributed by atoms with Crippen LogP contribution in [0.4, 0.5) is 10.7 Å². The molecule has 0 radical (unpaired) electrons. The highest BCUT2D eigenvalue weighted by Crippen LogP contribution is 2.43. The largest absolute Gasteiger partial charge is 0.396 e. The Balaban J connectivity index is 3.10. The van der Waals surface area contributed by atoms with E-state index in [-0.39, 0.29) is 5.91 Å². The van der Waals surface area contributed by atoms with Crippen molar-refractivity contribution in [2.24, 2.45) is 0 Å². The van der Waals surface area contributed by atoms with Gasteiger partial charge in [0.25, 0.3) is 5.91 Å². The molecule has 1 rings (SSSR count). The van der Waals surface area contributed by atoms with Gasteiger partial charge in [-0.3, -0.25) is 4.79 Å². The van der Waals surface area contributed by atoms with E-state index in [1.807, 2.05) is 13.2 Å². The van der Waals surface area contributed by atoms with E-state index in [2.05, 4.69) is 24.1 Å². The molecule has 0 spiro atoms. The highest BCUT2D eigenvalue weighted by atomic mass is 32.2. The lowest BCUT2D eigenvalue weighted by molar-refractivity contribution is 0.0958. The zero-order valence-corrected chi connectivity index (χ0v) is 14.4. The summed E-state index contributed by atoms with van der Waals surface area (Å²) in [6.45, 7) is 8.93. The maximum Gasteiger partial charge on any atom is 0.263 e. The quantitative estimate of drug-likeness (QED) is 0.722. The molecule has 0 saturated heterocycles. The van der Waals surface area contributed by atoms with E-state index in [0.29, 0.717) is 17.1 Å². The lowest BCUT2D eigenvalue weighted by Gasteiger charge is -2.21. The topological polar surface area (TPSA) is 58.4 Å². The van der Waals surface area contributed by atoms with E-state index < -0.39 is 0 Å². The van der Waals surface area contributed by atoms with Crippen molar-refractivity contribution in [3.05, 3.63) is 4.88 Å². The van der Waals surface area contributed by atoms with Crippen LogP contribution in [0.3, 0.4) is 0 Å². The second-order valence-electron chi connectivity index (χ2n) is 4.52. The summed E-state index contributed by atoms with van der Waals surface area (Å²) >= 11 is 3.13. The predicted molar refractivity (Wildman–Crippen MR) is 91.3 cm³/mol. The molecule has 0 aromatic carbocycles. The van der Waals surface area contributed by atoms with E-state index >= 15 is 0 Å². The summed E-state index contributed by atoms with van der Waals surface area (Å²) in [6.07, 6.45) is 4.02. The fourth-order valence-electron chi connectivity index (χ4n) is 1.98. The minimum Gasteiger partial charge on any atom is -0.396 e. The number of nitrogens with zero attached hydrogens (tertiary/aromatic N) is 1. The Kier molecular flexibility index (Phi) is 7.23. The standard InChI is InChI=1S/C14H25N3OS2/c1-5-8-16-13(18)11-10(15)12(19-4)14(20-11)17(7-3)9-6-2/h5-9,15H2,1-4H3,(H,16,18). The first-order chi connectivity index (χ1) is 9.60. The maximum absolute atomic E-state index is 12.2. The van der Waals surface area contributed by atoms with Gasteiger partial charge in [-0.15, -0.1) is 23.1 Å². The first-order valence-electron chi connectivity index (χ1n) is 7.09. The van der Waals surface area contributed by atoms with E-state index in [9.17, 15) is 4.79 Å². The third-order valence-electron chi connectivity index (χ3n) is 2.99. The predicted octanol–water partition coefficient (Wildman–Crippen LogP) is 3.43. The third kappa shape index (κ3) is 3.82. The average molecular weight is 316 g/mol. The molecule has 0 bridgehead atoms. The molecular formula is C14H25N3OS2. The lowest BCUT2D eigenvalue weighted by Crippen LogP contribution is -2.24. The van der Waals surface area contributed by atoms with Crippen molar-refractivity contribution in [3.63, 3.8) is 0 Å². The summed E-state index contributed by atoms with van der Waals surface area (Å²) in [4.78, 5) is 16.1. The van der Waals surface area contributed by atoms with Crippen LogP contribution in [0.5, 0.6) is 0 Å². The van der Waals surface area contributed by atoms with Crippen LogP contribution >= 0.6 is 23.1 Å². The molecule has 0 saturated carbocycles. The van der Waals surface area contributed by atoms with Crippen LogP contribution in [-0.2, 0) is 0 Å². The number of anilines is 2. The number of thioether (sulfide) groups is 1. The SMILES string of the molecule is CCCNC(=O)c1sc(N(CC)CCC)c(SC)c1N. The molecule has 0 fully saturated rings. The Bertz CT molecular complexity index is 446. The first-order valence-corrected chi connectivity index (χ1v) is 9.14. The van der Waals surface area contributed by atoms with Gasteiger partial charge in [-0.1, -0.05) is 13.8 Å². The van der Waals surface area contributed by atoms with Crippen molar-refractivity contribution >= 4 is 39.7 Å². The van der Waals surface area contributed by atoms with Gasteiger partial charge in [0.1, 0.15) is 9.88 Å². The van der Waals surface area contributed by atoms with Crippen LogP contribution in [0, 0.1) is 0 Å². The first kappa shape index (κ1) is 17.2. The van der Waals surface area contributed by atoms with Crippen molar-refractivity contribution in [1.29, 1.82) is 0 Å². The molecule has 1 amide bonds. The lowest BCUT2D eigenvalue weighted by atomic mass is 10.3. The van der Waals surface area contributed by atoms with Crippen molar-refractivity contribution in [3.8, 4) is 0 Å². The number of nitrogen functional groups attached to an aromatic ring is 1. The third-order valence-corrected chi connectivity index (χ3v) is 5.21. The summed E-state index contributed by atoms with van der Waals surface area (Å²) in [6, 6.07) is 0. The summed E-state index contributed by atoms with van der Waals surface area (Å²) in [5.41, 5.74) is 6.80. The fourth-order valence-corrected chi connectivity index (χ4v) is 4.17. The average Bonchev–Trinajstić information content (AvgIpc) is 2.78. The van der Waals surface area contributed by atoms with Gasteiger partial charge >= 0.3 is 0 Å². The Labute approximate surface area is 130 Å². The Hall–Kier alpha value is -0.880. The van der Waals surface area contributed by atoms with Gasteiger partial charge in [-0.05, 0) is 26.0 Å². The number of hydrogen-bond acceptors (Lipinski definition) is 5.